The van der Waals surface area contributed by atoms with Crippen LogP contribution in [0.25, 0.3) is 5.69 Å². The van der Waals surface area contributed by atoms with Gasteiger partial charge in [0, 0.05) is 6.54 Å². The van der Waals surface area contributed by atoms with Gasteiger partial charge >= 0.3 is 0 Å². The molecule has 186 valence electrons. The van der Waals surface area contributed by atoms with Crippen LogP contribution in [0.5, 0.6) is 17.4 Å². The van der Waals surface area contributed by atoms with Gasteiger partial charge in [0.05, 0.1) is 41.2 Å². The summed E-state index contributed by atoms with van der Waals surface area (Å²) in [5, 5.41) is 5.23. The molecular formula is C29H30ClN3O3. The lowest BCUT2D eigenvalue weighted by Crippen LogP contribution is -2.34. The van der Waals surface area contributed by atoms with Crippen molar-refractivity contribution in [2.24, 2.45) is 5.92 Å². The molecule has 0 unspecified atom stereocenters. The minimum absolute atomic E-state index is 0.128. The van der Waals surface area contributed by atoms with Crippen molar-refractivity contribution in [1.82, 2.24) is 14.7 Å². The van der Waals surface area contributed by atoms with E-state index in [9.17, 15) is 4.79 Å². The van der Waals surface area contributed by atoms with E-state index in [1.165, 1.54) is 0 Å². The van der Waals surface area contributed by atoms with Crippen molar-refractivity contribution in [3.63, 3.8) is 0 Å². The van der Waals surface area contributed by atoms with Crippen molar-refractivity contribution in [2.45, 2.75) is 27.3 Å². The van der Waals surface area contributed by atoms with Gasteiger partial charge in [-0.25, -0.2) is 4.68 Å². The van der Waals surface area contributed by atoms with E-state index in [1.54, 1.807) is 23.9 Å². The first-order valence-corrected chi connectivity index (χ1v) is 12.2. The molecule has 0 fully saturated rings. The number of aryl methyl sites for hydroxylation is 1. The third-order valence-electron chi connectivity index (χ3n) is 5.74. The average Bonchev–Trinajstić information content (AvgIpc) is 3.19. The van der Waals surface area contributed by atoms with Crippen LogP contribution in [0.15, 0.2) is 78.9 Å². The molecule has 0 spiro atoms. The maximum atomic E-state index is 13.6. The SMILES string of the molecule is COc1ccc(Oc2c(CN(CC(C)C)C(=O)c3ccccc3Cl)c(C)nn2-c2ccccc2)cc1. The number of hydrogen-bond donors (Lipinski definition) is 0. The summed E-state index contributed by atoms with van der Waals surface area (Å²) in [5.74, 6) is 2.07. The molecule has 0 N–H and O–H groups in total. The minimum atomic E-state index is -0.128. The van der Waals surface area contributed by atoms with Crippen molar-refractivity contribution in [3.8, 4) is 23.1 Å². The van der Waals surface area contributed by atoms with Gasteiger partial charge in [0.25, 0.3) is 5.91 Å². The third kappa shape index (κ3) is 5.71. The summed E-state index contributed by atoms with van der Waals surface area (Å²) in [7, 11) is 1.63. The Bertz CT molecular complexity index is 1320. The highest BCUT2D eigenvalue weighted by atomic mass is 35.5. The highest BCUT2D eigenvalue weighted by Crippen LogP contribution is 2.33. The summed E-state index contributed by atoms with van der Waals surface area (Å²) >= 11 is 6.38. The molecule has 4 rings (SSSR count). The molecule has 4 aromatic rings. The smallest absolute Gasteiger partial charge is 0.255 e. The lowest BCUT2D eigenvalue weighted by atomic mass is 10.1. The first kappa shape index (κ1) is 25.3. The highest BCUT2D eigenvalue weighted by molar-refractivity contribution is 6.33. The molecule has 0 aliphatic carbocycles. The highest BCUT2D eigenvalue weighted by Gasteiger charge is 2.25. The molecule has 1 amide bonds. The molecule has 1 aromatic heterocycles. The molecule has 0 saturated carbocycles. The summed E-state index contributed by atoms with van der Waals surface area (Å²) in [6.45, 7) is 6.99. The van der Waals surface area contributed by atoms with Gasteiger partial charge in [-0.1, -0.05) is 55.8 Å². The Balaban J connectivity index is 1.77. The lowest BCUT2D eigenvalue weighted by Gasteiger charge is -2.25. The van der Waals surface area contributed by atoms with Gasteiger partial charge in [-0.05, 0) is 61.4 Å². The van der Waals surface area contributed by atoms with E-state index in [2.05, 4.69) is 13.8 Å². The molecule has 7 heteroatoms. The second-order valence-corrected chi connectivity index (χ2v) is 9.36. The van der Waals surface area contributed by atoms with Gasteiger partial charge in [-0.2, -0.15) is 5.10 Å². The Morgan fingerprint density at radius 1 is 0.972 bits per heavy atom. The van der Waals surface area contributed by atoms with E-state index in [0.29, 0.717) is 35.3 Å². The summed E-state index contributed by atoms with van der Waals surface area (Å²) in [6.07, 6.45) is 0. The van der Waals surface area contributed by atoms with E-state index in [1.807, 2.05) is 78.6 Å². The number of carbonyl (C=O) groups is 1. The monoisotopic (exact) mass is 503 g/mol. The average molecular weight is 504 g/mol. The van der Waals surface area contributed by atoms with Gasteiger partial charge < -0.3 is 14.4 Å². The molecule has 0 saturated heterocycles. The predicted octanol–water partition coefficient (Wildman–Crippen LogP) is 6.93. The summed E-state index contributed by atoms with van der Waals surface area (Å²) in [4.78, 5) is 15.4. The molecule has 0 aliphatic rings. The number of methoxy groups -OCH3 is 1. The van der Waals surface area contributed by atoms with Crippen LogP contribution in [-0.4, -0.2) is 34.2 Å². The van der Waals surface area contributed by atoms with Crippen molar-refractivity contribution in [2.75, 3.05) is 13.7 Å². The molecule has 0 atom stereocenters. The van der Waals surface area contributed by atoms with E-state index >= 15 is 0 Å². The fraction of sp³-hybridized carbons (Fsp3) is 0.241. The maximum Gasteiger partial charge on any atom is 0.255 e. The normalized spacial score (nSPS) is 10.9. The number of halogens is 1. The molecule has 1 heterocycles. The van der Waals surface area contributed by atoms with Crippen molar-refractivity contribution >= 4 is 17.5 Å². The number of para-hydroxylation sites is 1. The maximum absolute atomic E-state index is 13.6. The number of hydrogen-bond acceptors (Lipinski definition) is 4. The van der Waals surface area contributed by atoms with Gasteiger partial charge in [0.15, 0.2) is 0 Å². The van der Waals surface area contributed by atoms with Crippen LogP contribution in [0, 0.1) is 12.8 Å². The van der Waals surface area contributed by atoms with Crippen LogP contribution in [0.1, 0.15) is 35.5 Å². The van der Waals surface area contributed by atoms with Crippen molar-refractivity contribution in [3.05, 3.63) is 101 Å². The van der Waals surface area contributed by atoms with Crippen molar-refractivity contribution < 1.29 is 14.3 Å². The number of benzene rings is 3. The Labute approximate surface area is 217 Å². The Kier molecular flexibility index (Phi) is 7.96. The quantitative estimate of drug-likeness (QED) is 0.248. The number of carbonyl (C=O) groups excluding carboxylic acids is 1. The van der Waals surface area contributed by atoms with Crippen LogP contribution in [-0.2, 0) is 6.54 Å². The zero-order valence-electron chi connectivity index (χ0n) is 20.9. The van der Waals surface area contributed by atoms with Crippen molar-refractivity contribution in [1.29, 1.82) is 0 Å². The first-order valence-electron chi connectivity index (χ1n) is 11.9. The van der Waals surface area contributed by atoms with E-state index in [-0.39, 0.29) is 11.8 Å². The van der Waals surface area contributed by atoms with Crippen LogP contribution in [0.2, 0.25) is 5.02 Å². The number of amides is 1. The van der Waals surface area contributed by atoms with E-state index in [0.717, 1.165) is 22.7 Å². The zero-order chi connectivity index (χ0) is 25.7. The topological polar surface area (TPSA) is 56.6 Å². The number of aromatic nitrogens is 2. The molecule has 0 aliphatic heterocycles. The Hall–Kier alpha value is -3.77. The summed E-state index contributed by atoms with van der Waals surface area (Å²) in [5.41, 5.74) is 2.95. The molecular weight excluding hydrogens is 474 g/mol. The van der Waals surface area contributed by atoms with Gasteiger partial charge in [-0.3, -0.25) is 4.79 Å². The molecule has 36 heavy (non-hydrogen) atoms. The fourth-order valence-corrected chi connectivity index (χ4v) is 4.20. The fourth-order valence-electron chi connectivity index (χ4n) is 3.98. The van der Waals surface area contributed by atoms with Crippen LogP contribution in [0.3, 0.4) is 0 Å². The van der Waals surface area contributed by atoms with Gasteiger partial charge in [0.2, 0.25) is 5.88 Å². The van der Waals surface area contributed by atoms with Crippen LogP contribution in [0.4, 0.5) is 0 Å². The second-order valence-electron chi connectivity index (χ2n) is 8.95. The Morgan fingerprint density at radius 2 is 1.61 bits per heavy atom. The molecule has 3 aromatic carbocycles. The minimum Gasteiger partial charge on any atom is -0.497 e. The molecule has 0 bridgehead atoms. The second kappa shape index (κ2) is 11.3. The van der Waals surface area contributed by atoms with E-state index in [4.69, 9.17) is 26.2 Å². The largest absolute Gasteiger partial charge is 0.497 e. The van der Waals surface area contributed by atoms with Crippen LogP contribution < -0.4 is 9.47 Å². The van der Waals surface area contributed by atoms with Gasteiger partial charge in [-0.15, -0.1) is 0 Å². The number of rotatable bonds is 9. The Morgan fingerprint density at radius 3 is 2.25 bits per heavy atom. The number of ether oxygens (including phenoxy) is 2. The first-order chi connectivity index (χ1) is 17.4. The van der Waals surface area contributed by atoms with E-state index < -0.39 is 0 Å². The summed E-state index contributed by atoms with van der Waals surface area (Å²) < 4.78 is 13.5. The molecule has 0 radical (unpaired) electrons. The number of nitrogens with zero attached hydrogens (tertiary/aromatic N) is 3. The summed E-state index contributed by atoms with van der Waals surface area (Å²) in [6, 6.07) is 24.3. The zero-order valence-corrected chi connectivity index (χ0v) is 21.7. The third-order valence-corrected chi connectivity index (χ3v) is 6.07. The van der Waals surface area contributed by atoms with Crippen LogP contribution >= 0.6 is 11.6 Å². The standard InChI is InChI=1S/C29H30ClN3O3/c1-20(2)18-32(28(34)25-12-8-9-13-27(25)30)19-26-21(3)31-33(22-10-6-5-7-11-22)29(26)36-24-16-14-23(35-4)15-17-24/h5-17,20H,18-19H2,1-4H3. The predicted molar refractivity (Wildman–Crippen MR) is 142 cm³/mol. The lowest BCUT2D eigenvalue weighted by molar-refractivity contribution is 0.0721. The molecule has 6 nitrogen and oxygen atoms in total. The van der Waals surface area contributed by atoms with Gasteiger partial charge in [0.1, 0.15) is 11.5 Å².